The Morgan fingerprint density at radius 2 is 1.50 bits per heavy atom. The van der Waals surface area contributed by atoms with E-state index in [1.54, 1.807) is 54.6 Å². The molecule has 0 aromatic heterocycles. The Balaban J connectivity index is 1.81. The van der Waals surface area contributed by atoms with Crippen LogP contribution in [0.4, 0.5) is 10.1 Å². The van der Waals surface area contributed by atoms with E-state index in [9.17, 15) is 18.0 Å². The van der Waals surface area contributed by atoms with Crippen molar-refractivity contribution in [1.82, 2.24) is 10.2 Å². The van der Waals surface area contributed by atoms with E-state index >= 15 is 4.39 Å². The number of sulfonamides is 1. The van der Waals surface area contributed by atoms with E-state index in [0.717, 1.165) is 15.4 Å². The zero-order chi connectivity index (χ0) is 33.3. The second-order valence-electron chi connectivity index (χ2n) is 11.2. The maximum atomic E-state index is 15.0. The van der Waals surface area contributed by atoms with Crippen molar-refractivity contribution >= 4 is 27.5 Å². The average Bonchev–Trinajstić information content (AvgIpc) is 3.03. The van der Waals surface area contributed by atoms with Crippen molar-refractivity contribution in [3.63, 3.8) is 0 Å². The van der Waals surface area contributed by atoms with Crippen LogP contribution in [0.3, 0.4) is 0 Å². The molecular formula is C36H40FN3O5S. The van der Waals surface area contributed by atoms with Gasteiger partial charge in [-0.3, -0.25) is 13.9 Å². The summed E-state index contributed by atoms with van der Waals surface area (Å²) in [6, 6.07) is 26.6. The molecule has 4 aromatic carbocycles. The fourth-order valence-corrected chi connectivity index (χ4v) is 6.40. The maximum Gasteiger partial charge on any atom is 0.264 e. The van der Waals surface area contributed by atoms with Crippen molar-refractivity contribution in [2.24, 2.45) is 0 Å². The van der Waals surface area contributed by atoms with Crippen molar-refractivity contribution in [3.8, 4) is 5.75 Å². The van der Waals surface area contributed by atoms with E-state index < -0.39 is 40.2 Å². The van der Waals surface area contributed by atoms with Crippen LogP contribution >= 0.6 is 0 Å². The molecule has 2 amide bonds. The lowest BCUT2D eigenvalue weighted by Gasteiger charge is -2.34. The van der Waals surface area contributed by atoms with Gasteiger partial charge in [-0.2, -0.15) is 0 Å². The van der Waals surface area contributed by atoms with E-state index in [1.165, 1.54) is 23.1 Å². The summed E-state index contributed by atoms with van der Waals surface area (Å²) in [4.78, 5) is 29.5. The molecule has 0 saturated carbocycles. The Morgan fingerprint density at radius 3 is 2.11 bits per heavy atom. The highest BCUT2D eigenvalue weighted by molar-refractivity contribution is 7.92. The Morgan fingerprint density at radius 1 is 0.870 bits per heavy atom. The van der Waals surface area contributed by atoms with Crippen molar-refractivity contribution in [2.75, 3.05) is 17.5 Å². The van der Waals surface area contributed by atoms with Crippen LogP contribution in [0.5, 0.6) is 5.75 Å². The zero-order valence-corrected chi connectivity index (χ0v) is 27.3. The lowest BCUT2D eigenvalue weighted by Crippen LogP contribution is -2.54. The molecule has 242 valence electrons. The fourth-order valence-electron chi connectivity index (χ4n) is 4.99. The molecule has 0 unspecified atom stereocenters. The lowest BCUT2D eigenvalue weighted by molar-refractivity contribution is -0.140. The van der Waals surface area contributed by atoms with Gasteiger partial charge in [0.2, 0.25) is 11.8 Å². The molecule has 0 aliphatic carbocycles. The maximum absolute atomic E-state index is 15.0. The first kappa shape index (κ1) is 34.2. The molecule has 1 atom stereocenters. The minimum atomic E-state index is -4.26. The Hall–Kier alpha value is -4.70. The SMILES string of the molecule is CCOc1ccc(N(CC(=O)N(Cc2ccccc2F)[C@H](Cc2ccccc2)C(=O)NC(C)C)S(=O)(=O)c2ccc(C)cc2)cc1. The number of benzene rings is 4. The Kier molecular flexibility index (Phi) is 11.5. The predicted octanol–water partition coefficient (Wildman–Crippen LogP) is 5.89. The molecule has 0 bridgehead atoms. The molecule has 0 spiro atoms. The summed E-state index contributed by atoms with van der Waals surface area (Å²) in [5, 5.41) is 2.89. The van der Waals surface area contributed by atoms with Crippen molar-refractivity contribution in [2.45, 2.75) is 57.6 Å². The molecule has 8 nitrogen and oxygen atoms in total. The minimum absolute atomic E-state index is 0.00109. The highest BCUT2D eigenvalue weighted by atomic mass is 32.2. The van der Waals surface area contributed by atoms with Gasteiger partial charge in [0.25, 0.3) is 10.0 Å². The average molecular weight is 646 g/mol. The molecule has 0 aliphatic heterocycles. The van der Waals surface area contributed by atoms with Crippen molar-refractivity contribution in [1.29, 1.82) is 0 Å². The second kappa shape index (κ2) is 15.5. The summed E-state index contributed by atoms with van der Waals surface area (Å²) < 4.78 is 49.9. The normalized spacial score (nSPS) is 12.0. The van der Waals surface area contributed by atoms with Gasteiger partial charge in [0.15, 0.2) is 0 Å². The van der Waals surface area contributed by atoms with E-state index in [-0.39, 0.29) is 35.2 Å². The molecule has 0 fully saturated rings. The van der Waals surface area contributed by atoms with Gasteiger partial charge in [-0.25, -0.2) is 12.8 Å². The number of carbonyl (C=O) groups is 2. The van der Waals surface area contributed by atoms with E-state index in [0.29, 0.717) is 12.4 Å². The molecule has 0 saturated heterocycles. The van der Waals surface area contributed by atoms with Gasteiger partial charge >= 0.3 is 0 Å². The largest absolute Gasteiger partial charge is 0.494 e. The number of amides is 2. The van der Waals surface area contributed by atoms with Crippen molar-refractivity contribution in [3.05, 3.63) is 126 Å². The highest BCUT2D eigenvalue weighted by Crippen LogP contribution is 2.27. The van der Waals surface area contributed by atoms with Crippen LogP contribution in [0.15, 0.2) is 108 Å². The Labute approximate surface area is 270 Å². The lowest BCUT2D eigenvalue weighted by atomic mass is 10.0. The highest BCUT2D eigenvalue weighted by Gasteiger charge is 2.35. The summed E-state index contributed by atoms with van der Waals surface area (Å²) in [6.07, 6.45) is 0.132. The fraction of sp³-hybridized carbons (Fsp3) is 0.278. The van der Waals surface area contributed by atoms with E-state index in [1.807, 2.05) is 58.0 Å². The van der Waals surface area contributed by atoms with Crippen LogP contribution in [0.2, 0.25) is 0 Å². The van der Waals surface area contributed by atoms with Gasteiger partial charge in [0, 0.05) is 24.6 Å². The number of hydrogen-bond acceptors (Lipinski definition) is 5. The zero-order valence-electron chi connectivity index (χ0n) is 26.5. The molecule has 0 heterocycles. The first-order chi connectivity index (χ1) is 22.0. The quantitative estimate of drug-likeness (QED) is 0.185. The predicted molar refractivity (Wildman–Crippen MR) is 177 cm³/mol. The van der Waals surface area contributed by atoms with Gasteiger partial charge in [-0.15, -0.1) is 0 Å². The number of ether oxygens (including phenoxy) is 1. The van der Waals surface area contributed by atoms with E-state index in [4.69, 9.17) is 4.74 Å². The molecule has 0 aliphatic rings. The number of nitrogens with one attached hydrogen (secondary N) is 1. The van der Waals surface area contributed by atoms with Crippen LogP contribution in [0, 0.1) is 12.7 Å². The number of carbonyl (C=O) groups excluding carboxylic acids is 2. The number of halogens is 1. The van der Waals surface area contributed by atoms with Gasteiger partial charge in [0.05, 0.1) is 17.2 Å². The standard InChI is InChI=1S/C36H40FN3O5S/c1-5-45-31-19-17-30(18-20-31)40(46(43,44)32-21-15-27(4)16-22-32)25-35(41)39(24-29-13-9-10-14-33(29)37)34(36(42)38-26(2)3)23-28-11-7-6-8-12-28/h6-22,26,34H,5,23-25H2,1-4H3,(H,38,42)/t34-/m1/s1. The summed E-state index contributed by atoms with van der Waals surface area (Å²) in [5.41, 5.74) is 2.08. The summed E-state index contributed by atoms with van der Waals surface area (Å²) in [5.74, 6) is -1.11. The third-order valence-electron chi connectivity index (χ3n) is 7.32. The van der Waals surface area contributed by atoms with Crippen LogP contribution in [0.1, 0.15) is 37.5 Å². The second-order valence-corrected chi connectivity index (χ2v) is 13.1. The molecule has 1 N–H and O–H groups in total. The molecule has 4 rings (SSSR count). The van der Waals surface area contributed by atoms with Gasteiger partial charge in [0.1, 0.15) is 24.2 Å². The number of nitrogens with zero attached hydrogens (tertiary/aromatic N) is 2. The number of rotatable bonds is 14. The van der Waals surface area contributed by atoms with Crippen LogP contribution in [-0.2, 0) is 32.6 Å². The number of anilines is 1. The summed E-state index contributed by atoms with van der Waals surface area (Å²) >= 11 is 0. The smallest absolute Gasteiger partial charge is 0.264 e. The monoisotopic (exact) mass is 645 g/mol. The van der Waals surface area contributed by atoms with Gasteiger partial charge in [-0.1, -0.05) is 66.2 Å². The third-order valence-corrected chi connectivity index (χ3v) is 9.11. The number of aryl methyl sites for hydroxylation is 1. The first-order valence-corrected chi connectivity index (χ1v) is 16.6. The molecule has 0 radical (unpaired) electrons. The summed E-state index contributed by atoms with van der Waals surface area (Å²) in [6.45, 7) is 6.83. The molecule has 46 heavy (non-hydrogen) atoms. The van der Waals surface area contributed by atoms with E-state index in [2.05, 4.69) is 5.32 Å². The topological polar surface area (TPSA) is 96.0 Å². The third kappa shape index (κ3) is 8.72. The van der Waals surface area contributed by atoms with Crippen LogP contribution in [-0.4, -0.2) is 50.4 Å². The molecular weight excluding hydrogens is 605 g/mol. The van der Waals surface area contributed by atoms with Gasteiger partial charge < -0.3 is 15.0 Å². The molecule has 10 heteroatoms. The summed E-state index contributed by atoms with van der Waals surface area (Å²) in [7, 11) is -4.26. The Bertz CT molecular complexity index is 1710. The first-order valence-electron chi connectivity index (χ1n) is 15.2. The number of hydrogen-bond donors (Lipinski definition) is 1. The van der Waals surface area contributed by atoms with Crippen LogP contribution in [0.25, 0.3) is 0 Å². The minimum Gasteiger partial charge on any atom is -0.494 e. The van der Waals surface area contributed by atoms with Crippen LogP contribution < -0.4 is 14.4 Å². The molecule has 4 aromatic rings. The van der Waals surface area contributed by atoms with Gasteiger partial charge in [-0.05, 0) is 75.7 Å². The van der Waals surface area contributed by atoms with Crippen molar-refractivity contribution < 1.29 is 27.1 Å².